The molecular weight excluding hydrogens is 304 g/mol. The first-order valence-corrected chi connectivity index (χ1v) is 8.80. The summed E-state index contributed by atoms with van der Waals surface area (Å²) in [5, 5.41) is 27.8. The first-order chi connectivity index (χ1) is 11.6. The molecule has 0 heterocycles. The molecule has 0 unspecified atom stereocenters. The summed E-state index contributed by atoms with van der Waals surface area (Å²) >= 11 is 0. The molecule has 136 valence electrons. The van der Waals surface area contributed by atoms with Crippen molar-refractivity contribution in [2.75, 3.05) is 0 Å². The molecule has 0 aromatic rings. The lowest BCUT2D eigenvalue weighted by molar-refractivity contribution is -0.137. The highest BCUT2D eigenvalue weighted by Crippen LogP contribution is 2.04. The number of carbonyl (C=O) groups is 1. The van der Waals surface area contributed by atoms with Gasteiger partial charge in [0.1, 0.15) is 0 Å². The van der Waals surface area contributed by atoms with Crippen LogP contribution in [0.25, 0.3) is 0 Å². The minimum absolute atomic E-state index is 0.0896. The molecule has 0 aliphatic heterocycles. The summed E-state index contributed by atoms with van der Waals surface area (Å²) in [4.78, 5) is 10.3. The van der Waals surface area contributed by atoms with Crippen molar-refractivity contribution in [2.45, 2.75) is 70.5 Å². The highest BCUT2D eigenvalue weighted by atomic mass is 16.4. The van der Waals surface area contributed by atoms with Crippen LogP contribution in [0, 0.1) is 0 Å². The molecule has 0 amide bonds. The normalized spacial score (nSPS) is 15.1. The van der Waals surface area contributed by atoms with Crippen molar-refractivity contribution in [3.63, 3.8) is 0 Å². The summed E-state index contributed by atoms with van der Waals surface area (Å²) in [7, 11) is 0. The van der Waals surface area contributed by atoms with Crippen LogP contribution >= 0.6 is 0 Å². The third-order valence-electron chi connectivity index (χ3n) is 3.43. The second kappa shape index (κ2) is 16.2. The summed E-state index contributed by atoms with van der Waals surface area (Å²) in [6.07, 6.45) is 19.9. The molecule has 2 atom stereocenters. The lowest BCUT2D eigenvalue weighted by Gasteiger charge is -2.02. The number of aliphatic hydroxyl groups excluding tert-OH is 2. The molecule has 0 saturated carbocycles. The molecule has 0 aliphatic carbocycles. The van der Waals surface area contributed by atoms with E-state index in [9.17, 15) is 15.0 Å². The zero-order valence-electron chi connectivity index (χ0n) is 14.7. The van der Waals surface area contributed by atoms with Gasteiger partial charge in [-0.1, -0.05) is 74.8 Å². The van der Waals surface area contributed by atoms with E-state index in [-0.39, 0.29) is 12.5 Å². The fourth-order valence-electron chi connectivity index (χ4n) is 2.04. The topological polar surface area (TPSA) is 77.8 Å². The minimum Gasteiger partial charge on any atom is -0.481 e. The molecule has 0 bridgehead atoms. The molecule has 0 fully saturated rings. The number of unbranched alkanes of at least 4 members (excludes halogenated alkanes) is 2. The molecule has 0 saturated heterocycles. The van der Waals surface area contributed by atoms with E-state index < -0.39 is 12.1 Å². The number of carboxylic acids is 1. The van der Waals surface area contributed by atoms with E-state index in [1.165, 1.54) is 0 Å². The Morgan fingerprint density at radius 2 is 1.42 bits per heavy atom. The largest absolute Gasteiger partial charge is 0.481 e. The van der Waals surface area contributed by atoms with Crippen LogP contribution in [0.3, 0.4) is 0 Å². The molecule has 0 radical (unpaired) electrons. The average Bonchev–Trinajstić information content (AvgIpc) is 2.53. The van der Waals surface area contributed by atoms with Gasteiger partial charge in [0, 0.05) is 6.42 Å². The number of carboxylic acid groups (broad SMARTS) is 1. The van der Waals surface area contributed by atoms with Gasteiger partial charge < -0.3 is 15.3 Å². The number of hydrogen-bond donors (Lipinski definition) is 3. The fraction of sp³-hybridized carbons (Fsp3) is 0.550. The van der Waals surface area contributed by atoms with Crippen LogP contribution in [-0.2, 0) is 4.79 Å². The fourth-order valence-corrected chi connectivity index (χ4v) is 2.04. The van der Waals surface area contributed by atoms with Crippen LogP contribution < -0.4 is 0 Å². The predicted octanol–water partition coefficient (Wildman–Crippen LogP) is 4.16. The average molecular weight is 336 g/mol. The van der Waals surface area contributed by atoms with Crippen LogP contribution in [0.15, 0.2) is 48.6 Å². The molecule has 0 aromatic carbocycles. The summed E-state index contributed by atoms with van der Waals surface area (Å²) in [5.41, 5.74) is 0. The van der Waals surface area contributed by atoms with Crippen LogP contribution in [-0.4, -0.2) is 33.5 Å². The van der Waals surface area contributed by atoms with E-state index >= 15 is 0 Å². The van der Waals surface area contributed by atoms with Gasteiger partial charge in [-0.3, -0.25) is 4.79 Å². The smallest absolute Gasteiger partial charge is 0.303 e. The van der Waals surface area contributed by atoms with E-state index in [1.54, 1.807) is 12.2 Å². The Morgan fingerprint density at radius 1 is 0.875 bits per heavy atom. The first kappa shape index (κ1) is 22.4. The van der Waals surface area contributed by atoms with Crippen molar-refractivity contribution in [2.24, 2.45) is 0 Å². The number of allylic oxidation sites excluding steroid dienone is 6. The Labute approximate surface area is 145 Å². The molecule has 0 aliphatic rings. The van der Waals surface area contributed by atoms with Crippen LogP contribution in [0.5, 0.6) is 0 Å². The number of aliphatic hydroxyl groups is 2. The van der Waals surface area contributed by atoms with Gasteiger partial charge >= 0.3 is 5.97 Å². The maximum absolute atomic E-state index is 10.3. The summed E-state index contributed by atoms with van der Waals surface area (Å²) in [6, 6.07) is 0. The third-order valence-corrected chi connectivity index (χ3v) is 3.43. The van der Waals surface area contributed by atoms with Gasteiger partial charge in [-0.05, 0) is 25.7 Å². The van der Waals surface area contributed by atoms with Crippen LogP contribution in [0.2, 0.25) is 0 Å². The molecule has 4 heteroatoms. The Hall–Kier alpha value is -1.65. The second-order valence-corrected chi connectivity index (χ2v) is 5.78. The molecule has 24 heavy (non-hydrogen) atoms. The summed E-state index contributed by atoms with van der Waals surface area (Å²) in [5.74, 6) is -0.833. The number of rotatable bonds is 14. The first-order valence-electron chi connectivity index (χ1n) is 8.80. The monoisotopic (exact) mass is 336 g/mol. The molecule has 0 rings (SSSR count). The molecule has 4 nitrogen and oxygen atoms in total. The molecule has 0 aromatic heterocycles. The third kappa shape index (κ3) is 16.7. The zero-order valence-corrected chi connectivity index (χ0v) is 14.7. The van der Waals surface area contributed by atoms with Gasteiger partial charge in [0.15, 0.2) is 0 Å². The van der Waals surface area contributed by atoms with E-state index in [0.29, 0.717) is 12.8 Å². The Kier molecular flexibility index (Phi) is 15.1. The SMILES string of the molecule is CCCCC[C@H](O)/C=C/C=C\C/C=C\C=C\[C@@H](O)CCCC(=O)O. The summed E-state index contributed by atoms with van der Waals surface area (Å²) < 4.78 is 0. The number of hydrogen-bond acceptors (Lipinski definition) is 3. The Balaban J connectivity index is 3.75. The van der Waals surface area contributed by atoms with E-state index in [0.717, 1.165) is 32.1 Å². The maximum Gasteiger partial charge on any atom is 0.303 e. The highest BCUT2D eigenvalue weighted by molar-refractivity contribution is 5.66. The van der Waals surface area contributed by atoms with Gasteiger partial charge in [-0.2, -0.15) is 0 Å². The predicted molar refractivity (Wildman–Crippen MR) is 98.8 cm³/mol. The Bertz CT molecular complexity index is 421. The quantitative estimate of drug-likeness (QED) is 0.329. The van der Waals surface area contributed by atoms with Crippen LogP contribution in [0.4, 0.5) is 0 Å². The van der Waals surface area contributed by atoms with Crippen molar-refractivity contribution >= 4 is 5.97 Å². The van der Waals surface area contributed by atoms with Gasteiger partial charge in [0.2, 0.25) is 0 Å². The molecular formula is C20H32O4. The van der Waals surface area contributed by atoms with Gasteiger partial charge in [-0.25, -0.2) is 0 Å². The van der Waals surface area contributed by atoms with Crippen molar-refractivity contribution < 1.29 is 20.1 Å². The van der Waals surface area contributed by atoms with E-state index in [1.807, 2.05) is 36.5 Å². The van der Waals surface area contributed by atoms with Gasteiger partial charge in [0.05, 0.1) is 12.2 Å². The lowest BCUT2D eigenvalue weighted by Crippen LogP contribution is -2.03. The van der Waals surface area contributed by atoms with Crippen molar-refractivity contribution in [3.05, 3.63) is 48.6 Å². The molecule has 3 N–H and O–H groups in total. The minimum atomic E-state index is -0.833. The Morgan fingerprint density at radius 3 is 1.92 bits per heavy atom. The standard InChI is InChI=1S/C20H32O4/c1-2-3-9-13-18(21)14-10-7-5-4-6-8-11-15-19(22)16-12-17-20(23)24/h5-8,10-11,14-15,18-19,21-22H,2-4,9,12-13,16-17H2,1H3,(H,23,24)/b7-5-,8-6-,14-10+,15-11+/t18-,19+/m0/s1. The van der Waals surface area contributed by atoms with Crippen LogP contribution in [0.1, 0.15) is 58.3 Å². The van der Waals surface area contributed by atoms with Gasteiger partial charge in [0.25, 0.3) is 0 Å². The number of aliphatic carboxylic acids is 1. The molecule has 0 spiro atoms. The van der Waals surface area contributed by atoms with E-state index in [2.05, 4.69) is 6.92 Å². The maximum atomic E-state index is 10.3. The highest BCUT2D eigenvalue weighted by Gasteiger charge is 2.01. The van der Waals surface area contributed by atoms with Crippen molar-refractivity contribution in [1.29, 1.82) is 0 Å². The second-order valence-electron chi connectivity index (χ2n) is 5.78. The van der Waals surface area contributed by atoms with Crippen molar-refractivity contribution in [3.8, 4) is 0 Å². The summed E-state index contributed by atoms with van der Waals surface area (Å²) in [6.45, 7) is 2.15. The van der Waals surface area contributed by atoms with Gasteiger partial charge in [-0.15, -0.1) is 0 Å². The zero-order chi connectivity index (χ0) is 18.0. The lowest BCUT2D eigenvalue weighted by atomic mass is 10.1. The van der Waals surface area contributed by atoms with E-state index in [4.69, 9.17) is 5.11 Å². The van der Waals surface area contributed by atoms with Crippen molar-refractivity contribution in [1.82, 2.24) is 0 Å².